The monoisotopic (exact) mass is 624 g/mol. The summed E-state index contributed by atoms with van der Waals surface area (Å²) in [7, 11) is 0. The molecular weight excluding hydrogens is 576 g/mol. The van der Waals surface area contributed by atoms with Gasteiger partial charge < -0.3 is 37.8 Å². The lowest BCUT2D eigenvalue weighted by molar-refractivity contribution is -0.144. The Morgan fingerprint density at radius 3 is 1.56 bits per heavy atom. The SMILES string of the molecule is CC[C@H](C)[C@H](NC(=O)[C@H](CCCCN)NC(=O)[C@H](Cc1ccccc1)NC(=O)[C@H](Cc1ccccc1)NC(=O)[C@H](C)N)C(=O)O. The molecule has 0 aliphatic carbocycles. The number of unbranched alkanes of at least 4 members (excludes halogenated alkanes) is 1. The van der Waals surface area contributed by atoms with Crippen molar-refractivity contribution in [3.63, 3.8) is 0 Å². The van der Waals surface area contributed by atoms with Crippen LogP contribution < -0.4 is 32.7 Å². The fraction of sp³-hybridized carbons (Fsp3) is 0.485. The van der Waals surface area contributed by atoms with Gasteiger partial charge in [0.1, 0.15) is 24.2 Å². The van der Waals surface area contributed by atoms with Crippen molar-refractivity contribution in [3.8, 4) is 0 Å². The number of benzene rings is 2. The quantitative estimate of drug-likeness (QED) is 0.112. The molecule has 0 aliphatic rings. The molecule has 246 valence electrons. The zero-order chi connectivity index (χ0) is 33.4. The number of nitrogens with two attached hydrogens (primary N) is 2. The van der Waals surface area contributed by atoms with E-state index in [9.17, 15) is 29.1 Å². The number of hydrogen-bond acceptors (Lipinski definition) is 7. The molecule has 0 aliphatic heterocycles. The Bertz CT molecular complexity index is 1240. The molecule has 2 aromatic rings. The number of carboxylic acids is 1. The van der Waals surface area contributed by atoms with Crippen molar-refractivity contribution >= 4 is 29.6 Å². The van der Waals surface area contributed by atoms with E-state index < -0.39 is 59.8 Å². The van der Waals surface area contributed by atoms with Crippen LogP contribution in [0.25, 0.3) is 0 Å². The van der Waals surface area contributed by atoms with Crippen molar-refractivity contribution in [2.75, 3.05) is 6.54 Å². The van der Waals surface area contributed by atoms with E-state index in [0.29, 0.717) is 25.8 Å². The van der Waals surface area contributed by atoms with Crippen molar-refractivity contribution in [1.29, 1.82) is 0 Å². The first-order valence-electron chi connectivity index (χ1n) is 15.4. The molecule has 12 heteroatoms. The number of carbonyl (C=O) groups is 5. The second kappa shape index (κ2) is 19.2. The van der Waals surface area contributed by atoms with Gasteiger partial charge in [0.15, 0.2) is 0 Å². The third kappa shape index (κ3) is 12.7. The Balaban J connectivity index is 2.35. The third-order valence-corrected chi connectivity index (χ3v) is 7.60. The lowest BCUT2D eigenvalue weighted by atomic mass is 9.98. The topological polar surface area (TPSA) is 206 Å². The first kappa shape index (κ1) is 36.9. The first-order chi connectivity index (χ1) is 21.5. The highest BCUT2D eigenvalue weighted by atomic mass is 16.4. The second-order valence-electron chi connectivity index (χ2n) is 11.3. The maximum absolute atomic E-state index is 13.8. The Morgan fingerprint density at radius 1 is 0.689 bits per heavy atom. The lowest BCUT2D eigenvalue weighted by Crippen LogP contribution is -2.59. The van der Waals surface area contributed by atoms with E-state index in [4.69, 9.17) is 11.5 Å². The van der Waals surface area contributed by atoms with Crippen LogP contribution in [0.4, 0.5) is 0 Å². The number of rotatable bonds is 19. The lowest BCUT2D eigenvalue weighted by Gasteiger charge is -2.27. The van der Waals surface area contributed by atoms with E-state index in [2.05, 4.69) is 21.3 Å². The minimum atomic E-state index is -1.17. The summed E-state index contributed by atoms with van der Waals surface area (Å²) in [5.74, 6) is -3.91. The van der Waals surface area contributed by atoms with Crippen molar-refractivity contribution in [1.82, 2.24) is 21.3 Å². The van der Waals surface area contributed by atoms with Gasteiger partial charge in [0, 0.05) is 12.8 Å². The summed E-state index contributed by atoms with van der Waals surface area (Å²) in [6, 6.07) is 12.9. The zero-order valence-electron chi connectivity index (χ0n) is 26.3. The first-order valence-corrected chi connectivity index (χ1v) is 15.4. The molecule has 4 amide bonds. The van der Waals surface area contributed by atoms with Crippen LogP contribution in [0.3, 0.4) is 0 Å². The minimum absolute atomic E-state index is 0.0967. The molecule has 0 aromatic heterocycles. The molecule has 0 bridgehead atoms. The van der Waals surface area contributed by atoms with Crippen LogP contribution in [0, 0.1) is 5.92 Å². The normalized spacial score (nSPS) is 15.0. The highest BCUT2D eigenvalue weighted by Gasteiger charge is 2.32. The smallest absolute Gasteiger partial charge is 0.326 e. The molecule has 0 saturated heterocycles. The number of aliphatic carboxylic acids is 1. The van der Waals surface area contributed by atoms with Gasteiger partial charge >= 0.3 is 5.97 Å². The van der Waals surface area contributed by atoms with Crippen molar-refractivity contribution < 1.29 is 29.1 Å². The van der Waals surface area contributed by atoms with Gasteiger partial charge in [0.25, 0.3) is 0 Å². The minimum Gasteiger partial charge on any atom is -0.480 e. The van der Waals surface area contributed by atoms with E-state index in [-0.39, 0.29) is 25.2 Å². The summed E-state index contributed by atoms with van der Waals surface area (Å²) >= 11 is 0. The van der Waals surface area contributed by atoms with Gasteiger partial charge in [-0.1, -0.05) is 80.9 Å². The van der Waals surface area contributed by atoms with E-state index in [1.54, 1.807) is 31.2 Å². The van der Waals surface area contributed by atoms with Gasteiger partial charge in [0.05, 0.1) is 6.04 Å². The molecule has 0 unspecified atom stereocenters. The summed E-state index contributed by atoms with van der Waals surface area (Å²) in [4.78, 5) is 65.2. The highest BCUT2D eigenvalue weighted by Crippen LogP contribution is 2.11. The van der Waals surface area contributed by atoms with Crippen LogP contribution in [-0.2, 0) is 36.8 Å². The predicted molar refractivity (Wildman–Crippen MR) is 172 cm³/mol. The van der Waals surface area contributed by atoms with Gasteiger partial charge in [-0.2, -0.15) is 0 Å². The van der Waals surface area contributed by atoms with Crippen LogP contribution >= 0.6 is 0 Å². The molecule has 0 fully saturated rings. The molecule has 0 spiro atoms. The highest BCUT2D eigenvalue weighted by molar-refractivity contribution is 5.95. The van der Waals surface area contributed by atoms with E-state index in [1.165, 1.54) is 6.92 Å². The van der Waals surface area contributed by atoms with Crippen molar-refractivity contribution in [3.05, 3.63) is 71.8 Å². The molecule has 2 rings (SSSR count). The molecule has 0 radical (unpaired) electrons. The van der Waals surface area contributed by atoms with Gasteiger partial charge in [-0.05, 0) is 49.8 Å². The molecule has 9 N–H and O–H groups in total. The van der Waals surface area contributed by atoms with Crippen LogP contribution in [0.2, 0.25) is 0 Å². The average Bonchev–Trinajstić information content (AvgIpc) is 3.02. The third-order valence-electron chi connectivity index (χ3n) is 7.60. The molecular formula is C33H48N6O6. The number of hydrogen-bond donors (Lipinski definition) is 7. The van der Waals surface area contributed by atoms with Gasteiger partial charge in [0.2, 0.25) is 23.6 Å². The number of carboxylic acid groups (broad SMARTS) is 1. The summed E-state index contributed by atoms with van der Waals surface area (Å²) in [5.41, 5.74) is 12.9. The van der Waals surface area contributed by atoms with Gasteiger partial charge in [-0.15, -0.1) is 0 Å². The Hall–Kier alpha value is -4.29. The summed E-state index contributed by atoms with van der Waals surface area (Å²) in [5, 5.41) is 20.5. The van der Waals surface area contributed by atoms with Gasteiger partial charge in [-0.25, -0.2) is 4.79 Å². The fourth-order valence-corrected chi connectivity index (χ4v) is 4.66. The standard InChI is InChI=1S/C33H48N6O6/c1-4-21(2)28(33(44)45)39-30(41)25(17-11-12-18-34)36-31(42)27(20-24-15-9-6-10-16-24)38-32(43)26(37-29(40)22(3)35)19-23-13-7-5-8-14-23/h5-10,13-16,21-22,25-28H,4,11-12,17-20,34-35H2,1-3H3,(H,36,42)(H,37,40)(H,38,43)(H,39,41)(H,44,45)/t21-,22-,25-,26-,27-,28-/m0/s1. The van der Waals surface area contributed by atoms with Gasteiger partial charge in [-0.3, -0.25) is 19.2 Å². The summed E-state index contributed by atoms with van der Waals surface area (Å²) in [6.07, 6.45) is 2.09. The summed E-state index contributed by atoms with van der Waals surface area (Å²) < 4.78 is 0. The van der Waals surface area contributed by atoms with E-state index >= 15 is 0 Å². The zero-order valence-corrected chi connectivity index (χ0v) is 26.3. The Kier molecular flexibility index (Phi) is 15.7. The largest absolute Gasteiger partial charge is 0.480 e. The Labute approximate surface area is 265 Å². The number of carbonyl (C=O) groups excluding carboxylic acids is 4. The van der Waals surface area contributed by atoms with E-state index in [0.717, 1.165) is 11.1 Å². The molecule has 45 heavy (non-hydrogen) atoms. The van der Waals surface area contributed by atoms with E-state index in [1.807, 2.05) is 43.3 Å². The molecule has 0 saturated carbocycles. The van der Waals surface area contributed by atoms with Crippen LogP contribution in [0.15, 0.2) is 60.7 Å². The molecule has 6 atom stereocenters. The maximum atomic E-state index is 13.8. The number of nitrogens with one attached hydrogen (secondary N) is 4. The van der Waals surface area contributed by atoms with Crippen molar-refractivity contribution in [2.45, 2.75) is 89.5 Å². The molecule has 0 heterocycles. The molecule has 12 nitrogen and oxygen atoms in total. The predicted octanol–water partition coefficient (Wildman–Crippen LogP) is 1.02. The van der Waals surface area contributed by atoms with Crippen LogP contribution in [0.5, 0.6) is 0 Å². The maximum Gasteiger partial charge on any atom is 0.326 e. The summed E-state index contributed by atoms with van der Waals surface area (Å²) in [6.45, 7) is 5.44. The second-order valence-corrected chi connectivity index (χ2v) is 11.3. The Morgan fingerprint density at radius 2 is 1.13 bits per heavy atom. The molecule has 2 aromatic carbocycles. The van der Waals surface area contributed by atoms with Crippen molar-refractivity contribution in [2.24, 2.45) is 17.4 Å². The fourth-order valence-electron chi connectivity index (χ4n) is 4.66. The van der Waals surface area contributed by atoms with Crippen LogP contribution in [0.1, 0.15) is 57.6 Å². The average molecular weight is 625 g/mol. The van der Waals surface area contributed by atoms with Crippen LogP contribution in [-0.4, -0.2) is 71.5 Å². The number of amides is 4.